The van der Waals surface area contributed by atoms with Gasteiger partial charge in [0.1, 0.15) is 23.4 Å². The van der Waals surface area contributed by atoms with Crippen molar-refractivity contribution in [1.82, 2.24) is 20.1 Å². The molecule has 5 aliphatic heterocycles. The summed E-state index contributed by atoms with van der Waals surface area (Å²) >= 11 is 0. The van der Waals surface area contributed by atoms with Crippen LogP contribution in [-0.2, 0) is 28.0 Å². The zero-order chi connectivity index (χ0) is 39.9. The first-order valence-electron chi connectivity index (χ1n) is 22.0. The Morgan fingerprint density at radius 1 is 0.831 bits per heavy atom. The maximum atomic E-state index is 13.4. The number of amides is 3. The van der Waals surface area contributed by atoms with Crippen molar-refractivity contribution < 1.29 is 24.2 Å². The maximum Gasteiger partial charge on any atom is 0.255 e. The van der Waals surface area contributed by atoms with Gasteiger partial charge in [-0.15, -0.1) is 0 Å². The summed E-state index contributed by atoms with van der Waals surface area (Å²) in [5.74, 6) is 2.78. The number of fused-ring (bicyclic) bond motifs is 4. The number of aromatic nitrogens is 1. The number of imide groups is 1. The molecule has 1 saturated carbocycles. The van der Waals surface area contributed by atoms with Gasteiger partial charge in [0.05, 0.1) is 6.61 Å². The fourth-order valence-electron chi connectivity index (χ4n) is 12.1. The molecule has 3 amide bonds. The lowest BCUT2D eigenvalue weighted by Gasteiger charge is -2.54. The number of aryl methyl sites for hydroxylation is 1. The van der Waals surface area contributed by atoms with Crippen LogP contribution in [-0.4, -0.2) is 83.0 Å². The van der Waals surface area contributed by atoms with Gasteiger partial charge < -0.3 is 24.5 Å². The van der Waals surface area contributed by atoms with Gasteiger partial charge in [-0.25, -0.2) is 4.98 Å². The number of ether oxygens (including phenoxy) is 1. The third-order valence-electron chi connectivity index (χ3n) is 15.5. The molecule has 6 heterocycles. The van der Waals surface area contributed by atoms with Crippen molar-refractivity contribution >= 4 is 23.5 Å². The molecule has 304 valence electrons. The van der Waals surface area contributed by atoms with Crippen LogP contribution in [0.1, 0.15) is 113 Å². The fraction of sp³-hybridized carbons (Fsp3) is 0.469. The maximum absolute atomic E-state index is 13.4. The highest BCUT2D eigenvalue weighted by Gasteiger charge is 2.48. The quantitative estimate of drug-likeness (QED) is 0.204. The van der Waals surface area contributed by atoms with Crippen LogP contribution in [0, 0.1) is 11.3 Å². The summed E-state index contributed by atoms with van der Waals surface area (Å²) in [6.07, 6.45) is 12.0. The van der Waals surface area contributed by atoms with Crippen LogP contribution in [0.2, 0.25) is 0 Å². The van der Waals surface area contributed by atoms with E-state index >= 15 is 0 Å². The van der Waals surface area contributed by atoms with E-state index in [1.165, 1.54) is 60.0 Å². The average Bonchev–Trinajstić information content (AvgIpc) is 3.75. The van der Waals surface area contributed by atoms with E-state index in [-0.39, 0.29) is 35.5 Å². The number of nitrogens with zero attached hydrogens (tertiary/aromatic N) is 4. The van der Waals surface area contributed by atoms with E-state index in [1.54, 1.807) is 4.90 Å². The second kappa shape index (κ2) is 14.2. The number of nitrogens with one attached hydrogen (secondary N) is 1. The molecule has 11 rings (SSSR count). The van der Waals surface area contributed by atoms with E-state index in [1.807, 2.05) is 18.2 Å². The van der Waals surface area contributed by atoms with Crippen molar-refractivity contribution in [2.24, 2.45) is 11.3 Å². The van der Waals surface area contributed by atoms with Crippen molar-refractivity contribution in [1.29, 1.82) is 0 Å². The summed E-state index contributed by atoms with van der Waals surface area (Å²) in [5.41, 5.74) is 8.37. The third-order valence-corrected chi connectivity index (χ3v) is 15.5. The number of hydrogen-bond acceptors (Lipinski definition) is 8. The van der Waals surface area contributed by atoms with Crippen molar-refractivity contribution in [2.45, 2.75) is 94.0 Å². The SMILES string of the molecule is O=C1CC[C@H](N2Cc3cc4c(cc3C2=O)OCC42CCN(CC3CCC4(CC3)CN(c3ccc([C@@H]5c6ccc(O)cc6CC[C@@H]5c5ccccc5)cn3)C4)CC2)C(=O)N1. The van der Waals surface area contributed by atoms with Gasteiger partial charge in [0.25, 0.3) is 5.91 Å². The second-order valence-electron chi connectivity index (χ2n) is 18.9. The summed E-state index contributed by atoms with van der Waals surface area (Å²) in [6, 6.07) is 24.8. The molecule has 3 atom stereocenters. The molecule has 2 N–H and O–H groups in total. The molecule has 59 heavy (non-hydrogen) atoms. The molecule has 0 radical (unpaired) electrons. The Morgan fingerprint density at radius 3 is 2.41 bits per heavy atom. The van der Waals surface area contributed by atoms with Crippen molar-refractivity contribution in [3.8, 4) is 11.5 Å². The Morgan fingerprint density at radius 2 is 1.64 bits per heavy atom. The summed E-state index contributed by atoms with van der Waals surface area (Å²) in [5, 5.41) is 12.6. The first-order chi connectivity index (χ1) is 28.7. The van der Waals surface area contributed by atoms with E-state index in [4.69, 9.17) is 9.72 Å². The lowest BCUT2D eigenvalue weighted by molar-refractivity contribution is -0.136. The van der Waals surface area contributed by atoms with Crippen molar-refractivity contribution in [3.05, 3.63) is 118 Å². The van der Waals surface area contributed by atoms with Gasteiger partial charge in [-0.1, -0.05) is 42.5 Å². The molecule has 4 fully saturated rings. The van der Waals surface area contributed by atoms with Crippen LogP contribution >= 0.6 is 0 Å². The highest BCUT2D eigenvalue weighted by molar-refractivity contribution is 6.05. The lowest BCUT2D eigenvalue weighted by atomic mass is 9.65. The lowest BCUT2D eigenvalue weighted by Crippen LogP contribution is -2.58. The zero-order valence-corrected chi connectivity index (χ0v) is 33.7. The molecule has 10 heteroatoms. The monoisotopic (exact) mass is 791 g/mol. The Labute approximate surface area is 345 Å². The number of hydrogen-bond donors (Lipinski definition) is 2. The molecule has 0 bridgehead atoms. The molecule has 2 spiro atoms. The summed E-state index contributed by atoms with van der Waals surface area (Å²) in [4.78, 5) is 49.6. The largest absolute Gasteiger partial charge is 0.508 e. The van der Waals surface area contributed by atoms with Crippen LogP contribution in [0.3, 0.4) is 0 Å². The summed E-state index contributed by atoms with van der Waals surface area (Å²) < 4.78 is 6.29. The number of piperidine rings is 2. The van der Waals surface area contributed by atoms with Crippen LogP contribution in [0.25, 0.3) is 0 Å². The smallest absolute Gasteiger partial charge is 0.255 e. The van der Waals surface area contributed by atoms with Crippen molar-refractivity contribution in [2.75, 3.05) is 44.2 Å². The molecule has 3 aromatic carbocycles. The van der Waals surface area contributed by atoms with E-state index < -0.39 is 6.04 Å². The Hall–Kier alpha value is -5.22. The number of benzene rings is 3. The van der Waals surface area contributed by atoms with E-state index in [9.17, 15) is 19.5 Å². The predicted molar refractivity (Wildman–Crippen MR) is 224 cm³/mol. The van der Waals surface area contributed by atoms with Gasteiger partial charge in [-0.3, -0.25) is 19.7 Å². The number of carbonyl (C=O) groups is 3. The molecule has 0 unspecified atom stereocenters. The molecule has 4 aromatic rings. The Balaban J connectivity index is 0.684. The van der Waals surface area contributed by atoms with E-state index in [2.05, 4.69) is 75.9 Å². The topological polar surface area (TPSA) is 115 Å². The number of likely N-dealkylation sites (tertiary alicyclic amines) is 1. The number of phenols is 1. The number of aromatic hydroxyl groups is 1. The second-order valence-corrected chi connectivity index (χ2v) is 18.9. The number of carbonyl (C=O) groups excluding carboxylic acids is 3. The molecular weight excluding hydrogens is 739 g/mol. The predicted octanol–water partition coefficient (Wildman–Crippen LogP) is 6.83. The highest BCUT2D eigenvalue weighted by Crippen LogP contribution is 2.51. The van der Waals surface area contributed by atoms with E-state index in [0.717, 1.165) is 74.9 Å². The van der Waals surface area contributed by atoms with Gasteiger partial charge in [0.15, 0.2) is 0 Å². The number of rotatable bonds is 6. The van der Waals surface area contributed by atoms with Gasteiger partial charge in [-0.2, -0.15) is 0 Å². The third kappa shape index (κ3) is 6.40. The summed E-state index contributed by atoms with van der Waals surface area (Å²) in [7, 11) is 0. The first kappa shape index (κ1) is 36.8. The van der Waals surface area contributed by atoms with Gasteiger partial charge >= 0.3 is 0 Å². The Kier molecular flexibility index (Phi) is 8.87. The molecule has 1 aromatic heterocycles. The minimum atomic E-state index is -0.605. The minimum Gasteiger partial charge on any atom is -0.508 e. The molecule has 7 aliphatic rings. The zero-order valence-electron chi connectivity index (χ0n) is 33.7. The van der Waals surface area contributed by atoms with Gasteiger partial charge in [0, 0.05) is 66.7 Å². The molecule has 3 saturated heterocycles. The number of anilines is 1. The fourth-order valence-corrected chi connectivity index (χ4v) is 12.1. The van der Waals surface area contributed by atoms with Crippen molar-refractivity contribution in [3.63, 3.8) is 0 Å². The Bertz CT molecular complexity index is 2300. The minimum absolute atomic E-state index is 0.0291. The van der Waals surface area contributed by atoms with Crippen LogP contribution in [0.15, 0.2) is 79.0 Å². The number of phenolic OH excluding ortho intramolecular Hbond substituents is 1. The highest BCUT2D eigenvalue weighted by atomic mass is 16.5. The van der Waals surface area contributed by atoms with E-state index in [0.29, 0.717) is 42.2 Å². The standard InChI is InChI=1S/C49H53N5O5/c55-36-8-10-38-33(22-36)6-9-37(32-4-2-1-3-5-32)45(38)34-7-12-43(50-25-34)53-28-48(29-53)16-14-31(15-17-48)26-52-20-18-49(19-21-52)30-59-42-24-39-35(23-40(42)49)27-54(47(39)58)41-11-13-44(56)51-46(41)57/h1-5,7-8,10,12,22-25,31,37,41,45,55H,6,9,11,13-21,26-30H2,(H,51,56,57)/t37-,41+,45+/m1/s1. The molecule has 10 nitrogen and oxygen atoms in total. The van der Waals surface area contributed by atoms with Crippen LogP contribution in [0.4, 0.5) is 5.82 Å². The van der Waals surface area contributed by atoms with Gasteiger partial charge in [0.2, 0.25) is 11.8 Å². The van der Waals surface area contributed by atoms with Crippen LogP contribution < -0.4 is 15.0 Å². The summed E-state index contributed by atoms with van der Waals surface area (Å²) in [6.45, 7) is 6.53. The van der Waals surface area contributed by atoms with Gasteiger partial charge in [-0.05, 0) is 141 Å². The number of pyridine rings is 1. The molecular formula is C49H53N5O5. The normalized spacial score (nSPS) is 26.0. The first-order valence-corrected chi connectivity index (χ1v) is 22.0. The van der Waals surface area contributed by atoms with Crippen LogP contribution in [0.5, 0.6) is 11.5 Å². The average molecular weight is 792 g/mol. The molecule has 2 aliphatic carbocycles.